The number of benzene rings is 1. The van der Waals surface area contributed by atoms with Crippen LogP contribution in [-0.2, 0) is 4.43 Å². The number of rotatable bonds is 11. The van der Waals surface area contributed by atoms with E-state index in [9.17, 15) is 0 Å². The molecule has 0 heterocycles. The van der Waals surface area contributed by atoms with E-state index in [0.717, 1.165) is 37.7 Å². The molecule has 1 aromatic rings. The first-order chi connectivity index (χ1) is 11.8. The first-order valence-corrected chi connectivity index (χ1v) is 12.6. The normalized spacial score (nSPS) is 15.4. The summed E-state index contributed by atoms with van der Waals surface area (Å²) in [6, 6.07) is 7.66. The minimum Gasteiger partial charge on any atom is -0.519 e. The smallest absolute Gasteiger partial charge is 0.412 e. The summed E-state index contributed by atoms with van der Waals surface area (Å²) in [6.07, 6.45) is 3.05. The van der Waals surface area contributed by atoms with Crippen LogP contribution < -0.4 is 4.43 Å². The molecule has 0 saturated carbocycles. The van der Waals surface area contributed by atoms with Crippen molar-refractivity contribution in [3.05, 3.63) is 29.3 Å². The summed E-state index contributed by atoms with van der Waals surface area (Å²) >= 11 is 4.90. The van der Waals surface area contributed by atoms with E-state index in [1.54, 1.807) is 0 Å². The molecule has 0 aliphatic heterocycles. The van der Waals surface area contributed by atoms with E-state index in [0.29, 0.717) is 11.8 Å². The van der Waals surface area contributed by atoms with Crippen molar-refractivity contribution >= 4 is 21.2 Å². The average Bonchev–Trinajstić information content (AvgIpc) is 2.58. The fraction of sp³-hybridized carbons (Fsp3) is 0.714. The minimum absolute atomic E-state index is 0.184. The molecule has 0 aliphatic carbocycles. The van der Waals surface area contributed by atoms with E-state index in [-0.39, 0.29) is 4.87 Å². The Hall–Kier alpha value is -0.453. The van der Waals surface area contributed by atoms with Gasteiger partial charge in [0.25, 0.3) is 0 Å². The van der Waals surface area contributed by atoms with Crippen LogP contribution in [0.4, 0.5) is 0 Å². The molecule has 0 aromatic heterocycles. The maximum atomic E-state index is 6.76. The quantitative estimate of drug-likeness (QED) is 0.333. The van der Waals surface area contributed by atoms with E-state index >= 15 is 0 Å². The van der Waals surface area contributed by atoms with Gasteiger partial charge in [-0.15, -0.1) is 0 Å². The molecule has 2 atom stereocenters. The van der Waals surface area contributed by atoms with Gasteiger partial charge >= 0.3 is 8.56 Å². The van der Waals surface area contributed by atoms with Crippen molar-refractivity contribution in [1.82, 2.24) is 0 Å². The van der Waals surface area contributed by atoms with Crippen LogP contribution in [0.5, 0.6) is 5.75 Å². The summed E-state index contributed by atoms with van der Waals surface area (Å²) in [5.41, 5.74) is 2.65. The van der Waals surface area contributed by atoms with Gasteiger partial charge in [-0.25, -0.2) is 0 Å². The lowest BCUT2D eigenvalue weighted by atomic mass is 9.95. The molecule has 144 valence electrons. The second-order valence-electron chi connectivity index (χ2n) is 7.54. The van der Waals surface area contributed by atoms with E-state index in [2.05, 4.69) is 66.7 Å². The summed E-state index contributed by atoms with van der Waals surface area (Å²) in [7, 11) is -2.42. The van der Waals surface area contributed by atoms with Crippen molar-refractivity contribution in [2.75, 3.05) is 6.61 Å². The number of thiol groups is 1. The van der Waals surface area contributed by atoms with Gasteiger partial charge in [-0.2, -0.15) is 12.6 Å². The molecule has 0 N–H and O–H groups in total. The fourth-order valence-corrected chi connectivity index (χ4v) is 7.24. The molecule has 1 rings (SSSR count). The van der Waals surface area contributed by atoms with Gasteiger partial charge in [0.1, 0.15) is 5.75 Å². The second kappa shape index (κ2) is 10.6. The molecule has 0 radical (unpaired) electrons. The molecule has 0 saturated heterocycles. The Morgan fingerprint density at radius 2 is 1.68 bits per heavy atom. The molecule has 25 heavy (non-hydrogen) atoms. The lowest BCUT2D eigenvalue weighted by molar-refractivity contribution is 0.231. The molecule has 2 nitrogen and oxygen atoms in total. The van der Waals surface area contributed by atoms with Crippen molar-refractivity contribution < 1.29 is 8.85 Å². The summed E-state index contributed by atoms with van der Waals surface area (Å²) in [4.78, 5) is 0.184. The zero-order valence-corrected chi connectivity index (χ0v) is 19.2. The molecular formula is C21H38O2SSi. The Labute approximate surface area is 162 Å². The van der Waals surface area contributed by atoms with Crippen molar-refractivity contribution in [2.45, 2.75) is 90.5 Å². The summed E-state index contributed by atoms with van der Waals surface area (Å²) in [5.74, 6) is 1.95. The van der Waals surface area contributed by atoms with Crippen LogP contribution in [0.15, 0.2) is 18.2 Å². The van der Waals surface area contributed by atoms with Gasteiger partial charge in [0.05, 0.1) is 4.87 Å². The zero-order valence-electron chi connectivity index (χ0n) is 17.3. The highest BCUT2D eigenvalue weighted by molar-refractivity contribution is 7.83. The SMILES string of the molecule is CCCO[Si](CCC)(Oc1ccc(C(C)C)cc1C(C)C)C(S)CC. The Kier molecular flexibility index (Phi) is 9.61. The van der Waals surface area contributed by atoms with Gasteiger partial charge in [0, 0.05) is 12.7 Å². The third kappa shape index (κ3) is 6.04. The monoisotopic (exact) mass is 382 g/mol. The molecule has 1 aromatic carbocycles. The number of hydrogen-bond acceptors (Lipinski definition) is 3. The first kappa shape index (κ1) is 22.6. The molecule has 0 fully saturated rings. The summed E-state index contributed by atoms with van der Waals surface area (Å²) in [5, 5.41) is 0. The van der Waals surface area contributed by atoms with E-state index in [1.807, 2.05) is 0 Å². The van der Waals surface area contributed by atoms with E-state index in [4.69, 9.17) is 21.5 Å². The van der Waals surface area contributed by atoms with Gasteiger partial charge in [0.15, 0.2) is 0 Å². The van der Waals surface area contributed by atoms with Crippen LogP contribution in [-0.4, -0.2) is 20.0 Å². The largest absolute Gasteiger partial charge is 0.519 e. The molecule has 0 amide bonds. The predicted molar refractivity (Wildman–Crippen MR) is 115 cm³/mol. The van der Waals surface area contributed by atoms with Crippen LogP contribution in [0.25, 0.3) is 0 Å². The Morgan fingerprint density at radius 1 is 1.00 bits per heavy atom. The van der Waals surface area contributed by atoms with Gasteiger partial charge in [0.2, 0.25) is 0 Å². The predicted octanol–water partition coefficient (Wildman–Crippen LogP) is 6.84. The molecule has 0 aliphatic rings. The highest BCUT2D eigenvalue weighted by Crippen LogP contribution is 2.35. The van der Waals surface area contributed by atoms with Crippen molar-refractivity contribution in [3.63, 3.8) is 0 Å². The van der Waals surface area contributed by atoms with Crippen molar-refractivity contribution in [2.24, 2.45) is 0 Å². The molecule has 2 unspecified atom stereocenters. The van der Waals surface area contributed by atoms with Gasteiger partial charge in [-0.3, -0.25) is 0 Å². The van der Waals surface area contributed by atoms with Crippen LogP contribution in [0.2, 0.25) is 6.04 Å². The third-order valence-corrected chi connectivity index (χ3v) is 10.1. The van der Waals surface area contributed by atoms with Crippen LogP contribution in [0, 0.1) is 0 Å². The standard InChI is InChI=1S/C21H38O2SSi/c1-8-13-22-25(14-9-2,21(24)10-3)23-20-12-11-18(16(4)5)15-19(20)17(6)7/h11-12,15-17,21,24H,8-10,13-14H2,1-7H3. The summed E-state index contributed by atoms with van der Waals surface area (Å²) in [6.45, 7) is 16.2. The highest BCUT2D eigenvalue weighted by Gasteiger charge is 2.45. The third-order valence-electron chi connectivity index (χ3n) is 4.65. The van der Waals surface area contributed by atoms with Gasteiger partial charge in [-0.05, 0) is 41.9 Å². The van der Waals surface area contributed by atoms with Crippen molar-refractivity contribution in [1.29, 1.82) is 0 Å². The molecular weight excluding hydrogens is 344 g/mol. The molecule has 0 spiro atoms. The van der Waals surface area contributed by atoms with E-state index in [1.165, 1.54) is 11.1 Å². The van der Waals surface area contributed by atoms with E-state index < -0.39 is 8.56 Å². The Morgan fingerprint density at radius 3 is 2.16 bits per heavy atom. The fourth-order valence-electron chi connectivity index (χ4n) is 3.07. The minimum atomic E-state index is -2.42. The molecule has 0 bridgehead atoms. The topological polar surface area (TPSA) is 18.5 Å². The van der Waals surface area contributed by atoms with Crippen LogP contribution in [0.3, 0.4) is 0 Å². The summed E-state index contributed by atoms with van der Waals surface area (Å²) < 4.78 is 13.2. The maximum absolute atomic E-state index is 6.76. The Bertz CT molecular complexity index is 519. The Balaban J connectivity index is 3.30. The highest BCUT2D eigenvalue weighted by atomic mass is 32.1. The zero-order chi connectivity index (χ0) is 19.0. The van der Waals surface area contributed by atoms with Crippen LogP contribution in [0.1, 0.15) is 90.7 Å². The number of hydrogen-bond donors (Lipinski definition) is 1. The average molecular weight is 383 g/mol. The second-order valence-corrected chi connectivity index (χ2v) is 12.0. The van der Waals surface area contributed by atoms with Crippen molar-refractivity contribution in [3.8, 4) is 5.75 Å². The molecule has 4 heteroatoms. The maximum Gasteiger partial charge on any atom is 0.412 e. The van der Waals surface area contributed by atoms with Crippen LogP contribution >= 0.6 is 12.6 Å². The lowest BCUT2D eigenvalue weighted by Gasteiger charge is -2.36. The first-order valence-electron chi connectivity index (χ1n) is 9.96. The van der Waals surface area contributed by atoms with Gasteiger partial charge < -0.3 is 8.85 Å². The van der Waals surface area contributed by atoms with Gasteiger partial charge in [-0.1, -0.05) is 67.0 Å². The lowest BCUT2D eigenvalue weighted by Crippen LogP contribution is -2.54.